The summed E-state index contributed by atoms with van der Waals surface area (Å²) in [6.45, 7) is 9.96. The number of anilines is 1. The largest absolute Gasteiger partial charge is 0.452 e. The quantitative estimate of drug-likeness (QED) is 0.567. The second-order valence-corrected chi connectivity index (χ2v) is 11.2. The lowest BCUT2D eigenvalue weighted by Gasteiger charge is -2.30. The molecule has 1 saturated heterocycles. The Morgan fingerprint density at radius 1 is 1.03 bits per heavy atom. The topological polar surface area (TPSA) is 111 Å². The van der Waals surface area contributed by atoms with Gasteiger partial charge in [0.1, 0.15) is 5.82 Å². The number of amides is 1. The standard InChI is InChI=1S/C24H34N4O5S/c1-16(2)19-6-8-21(9-7-19)34(31,32)27-14-11-20(12-15-27)24(30)33-18(5)23(29)26-22-10-13-25-28(22)17(3)4/h6-10,13,16-18,20H,11-12,14-15H2,1-5H3,(H,26,29)/t18-/m1/s1. The summed E-state index contributed by atoms with van der Waals surface area (Å²) in [5.41, 5.74) is 1.08. The number of aromatic nitrogens is 2. The van der Waals surface area contributed by atoms with E-state index in [4.69, 9.17) is 4.74 Å². The number of carbonyl (C=O) groups excluding carboxylic acids is 2. The fraction of sp³-hybridized carbons (Fsp3) is 0.542. The number of hydrogen-bond donors (Lipinski definition) is 1. The molecular formula is C24H34N4O5S. The maximum absolute atomic E-state index is 13.0. The van der Waals surface area contributed by atoms with Gasteiger partial charge in [0.25, 0.3) is 5.91 Å². The second kappa shape index (κ2) is 10.7. The number of benzene rings is 1. The lowest BCUT2D eigenvalue weighted by Crippen LogP contribution is -2.41. The van der Waals surface area contributed by atoms with Gasteiger partial charge in [0.15, 0.2) is 6.10 Å². The number of nitrogens with zero attached hydrogens (tertiary/aromatic N) is 3. The Morgan fingerprint density at radius 3 is 2.21 bits per heavy atom. The number of ether oxygens (including phenoxy) is 1. The normalized spacial score (nSPS) is 16.6. The van der Waals surface area contributed by atoms with E-state index in [1.165, 1.54) is 11.2 Å². The zero-order chi connectivity index (χ0) is 25.0. The predicted molar refractivity (Wildman–Crippen MR) is 129 cm³/mol. The molecule has 0 aliphatic carbocycles. The van der Waals surface area contributed by atoms with E-state index < -0.39 is 33.9 Å². The third-order valence-electron chi connectivity index (χ3n) is 6.04. The number of piperidine rings is 1. The summed E-state index contributed by atoms with van der Waals surface area (Å²) >= 11 is 0. The fourth-order valence-corrected chi connectivity index (χ4v) is 5.35. The smallest absolute Gasteiger partial charge is 0.309 e. The predicted octanol–water partition coefficient (Wildman–Crippen LogP) is 3.56. The van der Waals surface area contributed by atoms with E-state index in [1.54, 1.807) is 29.1 Å². The molecule has 0 spiro atoms. The maximum Gasteiger partial charge on any atom is 0.309 e. The van der Waals surface area contributed by atoms with Crippen LogP contribution in [-0.4, -0.2) is 53.6 Å². The van der Waals surface area contributed by atoms with Gasteiger partial charge in [-0.15, -0.1) is 0 Å². The van der Waals surface area contributed by atoms with E-state index in [1.807, 2.05) is 26.0 Å². The Labute approximate surface area is 201 Å². The van der Waals surface area contributed by atoms with Gasteiger partial charge in [-0.2, -0.15) is 9.40 Å². The van der Waals surface area contributed by atoms with Gasteiger partial charge >= 0.3 is 5.97 Å². The molecule has 2 heterocycles. The van der Waals surface area contributed by atoms with Gasteiger partial charge in [-0.05, 0) is 57.2 Å². The van der Waals surface area contributed by atoms with Crippen LogP contribution in [0.4, 0.5) is 5.82 Å². The molecule has 34 heavy (non-hydrogen) atoms. The average molecular weight is 491 g/mol. The van der Waals surface area contributed by atoms with Crippen LogP contribution < -0.4 is 5.32 Å². The second-order valence-electron chi connectivity index (χ2n) is 9.23. The molecule has 3 rings (SSSR count). The summed E-state index contributed by atoms with van der Waals surface area (Å²) in [4.78, 5) is 25.4. The molecule has 1 N–H and O–H groups in total. The first kappa shape index (κ1) is 25.9. The highest BCUT2D eigenvalue weighted by Crippen LogP contribution is 2.26. The number of carbonyl (C=O) groups is 2. The van der Waals surface area contributed by atoms with Gasteiger partial charge in [0.05, 0.1) is 17.0 Å². The molecule has 0 saturated carbocycles. The first-order chi connectivity index (χ1) is 16.0. The highest BCUT2D eigenvalue weighted by molar-refractivity contribution is 7.89. The molecule has 2 aromatic rings. The van der Waals surface area contributed by atoms with Gasteiger partial charge < -0.3 is 10.1 Å². The molecule has 0 bridgehead atoms. The highest BCUT2D eigenvalue weighted by Gasteiger charge is 2.34. The molecule has 1 amide bonds. The van der Waals surface area contributed by atoms with Crippen LogP contribution in [0.3, 0.4) is 0 Å². The minimum Gasteiger partial charge on any atom is -0.452 e. The summed E-state index contributed by atoms with van der Waals surface area (Å²) in [7, 11) is -3.62. The van der Waals surface area contributed by atoms with Crippen LogP contribution in [0.25, 0.3) is 0 Å². The van der Waals surface area contributed by atoms with E-state index in [0.29, 0.717) is 24.6 Å². The minimum atomic E-state index is -3.62. The lowest BCUT2D eigenvalue weighted by molar-refractivity contribution is -0.158. The molecule has 1 aliphatic rings. The number of nitrogens with one attached hydrogen (secondary N) is 1. The van der Waals surface area contributed by atoms with E-state index >= 15 is 0 Å². The molecule has 186 valence electrons. The molecular weight excluding hydrogens is 456 g/mol. The van der Waals surface area contributed by atoms with Crippen LogP contribution in [0.5, 0.6) is 0 Å². The van der Waals surface area contributed by atoms with Crippen molar-refractivity contribution in [3.63, 3.8) is 0 Å². The number of hydrogen-bond acceptors (Lipinski definition) is 6. The molecule has 1 fully saturated rings. The van der Waals surface area contributed by atoms with Crippen LogP contribution in [0, 0.1) is 5.92 Å². The molecule has 1 aromatic heterocycles. The van der Waals surface area contributed by atoms with Crippen molar-refractivity contribution in [2.45, 2.75) is 70.4 Å². The minimum absolute atomic E-state index is 0.0674. The van der Waals surface area contributed by atoms with Crippen molar-refractivity contribution in [3.8, 4) is 0 Å². The Balaban J connectivity index is 1.53. The highest BCUT2D eigenvalue weighted by atomic mass is 32.2. The summed E-state index contributed by atoms with van der Waals surface area (Å²) in [5, 5.41) is 6.90. The van der Waals surface area contributed by atoms with Crippen molar-refractivity contribution in [1.82, 2.24) is 14.1 Å². The summed E-state index contributed by atoms with van der Waals surface area (Å²) in [6, 6.07) is 8.69. The van der Waals surface area contributed by atoms with E-state index in [2.05, 4.69) is 24.3 Å². The Hall–Kier alpha value is -2.72. The average Bonchev–Trinajstić information content (AvgIpc) is 3.27. The molecule has 9 nitrogen and oxygen atoms in total. The SMILES string of the molecule is CC(C)c1ccc(S(=O)(=O)N2CCC(C(=O)O[C@H](C)C(=O)Nc3ccnn3C(C)C)CC2)cc1. The van der Waals surface area contributed by atoms with Gasteiger partial charge in [-0.3, -0.25) is 9.59 Å². The first-order valence-electron chi connectivity index (χ1n) is 11.7. The van der Waals surface area contributed by atoms with Crippen LogP contribution >= 0.6 is 0 Å². The van der Waals surface area contributed by atoms with Crippen molar-refractivity contribution in [3.05, 3.63) is 42.1 Å². The Kier molecular flexibility index (Phi) is 8.14. The fourth-order valence-electron chi connectivity index (χ4n) is 3.88. The summed E-state index contributed by atoms with van der Waals surface area (Å²) < 4.78 is 34.4. The number of rotatable bonds is 8. The summed E-state index contributed by atoms with van der Waals surface area (Å²) in [5.74, 6) is -0.534. The monoisotopic (exact) mass is 490 g/mol. The van der Waals surface area contributed by atoms with E-state index in [-0.39, 0.29) is 24.0 Å². The zero-order valence-electron chi connectivity index (χ0n) is 20.4. The third kappa shape index (κ3) is 5.85. The van der Waals surface area contributed by atoms with Crippen molar-refractivity contribution in [2.24, 2.45) is 5.92 Å². The van der Waals surface area contributed by atoms with Gasteiger partial charge in [0.2, 0.25) is 10.0 Å². The maximum atomic E-state index is 13.0. The van der Waals surface area contributed by atoms with Crippen LogP contribution in [0.15, 0.2) is 41.4 Å². The van der Waals surface area contributed by atoms with Crippen molar-refractivity contribution in [1.29, 1.82) is 0 Å². The molecule has 1 aliphatic heterocycles. The lowest BCUT2D eigenvalue weighted by atomic mass is 9.98. The van der Waals surface area contributed by atoms with Crippen molar-refractivity contribution in [2.75, 3.05) is 18.4 Å². The Morgan fingerprint density at radius 2 is 1.65 bits per heavy atom. The number of sulfonamides is 1. The number of esters is 1. The van der Waals surface area contributed by atoms with Gasteiger partial charge in [0, 0.05) is 25.2 Å². The van der Waals surface area contributed by atoms with Crippen LogP contribution in [-0.2, 0) is 24.3 Å². The molecule has 1 aromatic carbocycles. The first-order valence-corrected chi connectivity index (χ1v) is 13.1. The van der Waals surface area contributed by atoms with E-state index in [9.17, 15) is 18.0 Å². The van der Waals surface area contributed by atoms with Crippen LogP contribution in [0.2, 0.25) is 0 Å². The van der Waals surface area contributed by atoms with Gasteiger partial charge in [-0.25, -0.2) is 13.1 Å². The van der Waals surface area contributed by atoms with E-state index in [0.717, 1.165) is 5.56 Å². The molecule has 10 heteroatoms. The molecule has 0 radical (unpaired) electrons. The van der Waals surface area contributed by atoms with Crippen molar-refractivity contribution >= 4 is 27.7 Å². The van der Waals surface area contributed by atoms with Crippen LogP contribution in [0.1, 0.15) is 65.0 Å². The van der Waals surface area contributed by atoms with Crippen molar-refractivity contribution < 1.29 is 22.7 Å². The van der Waals surface area contributed by atoms with Gasteiger partial charge in [-0.1, -0.05) is 26.0 Å². The molecule has 1 atom stereocenters. The zero-order valence-corrected chi connectivity index (χ0v) is 21.2. The molecule has 0 unspecified atom stereocenters. The third-order valence-corrected chi connectivity index (χ3v) is 7.96. The Bertz CT molecular complexity index is 1100. The summed E-state index contributed by atoms with van der Waals surface area (Å²) in [6.07, 6.45) is 1.30.